The van der Waals surface area contributed by atoms with Crippen LogP contribution in [0.25, 0.3) is 4.48 Å². The molecule has 3 aliphatic rings. The fourth-order valence-electron chi connectivity index (χ4n) is 5.47. The lowest BCUT2D eigenvalue weighted by Crippen LogP contribution is -2.44. The third-order valence-corrected chi connectivity index (χ3v) is 7.28. The van der Waals surface area contributed by atoms with Crippen LogP contribution in [0.4, 0.5) is 0 Å². The summed E-state index contributed by atoms with van der Waals surface area (Å²) in [7, 11) is 0. The molecule has 0 aromatic heterocycles. The lowest BCUT2D eigenvalue weighted by Gasteiger charge is -2.49. The smallest absolute Gasteiger partial charge is 0.302 e. The van der Waals surface area contributed by atoms with Gasteiger partial charge in [0.1, 0.15) is 11.9 Å². The third-order valence-electron chi connectivity index (χ3n) is 6.59. The molecule has 3 aliphatic carbocycles. The largest absolute Gasteiger partial charge is 0.508 e. The maximum atomic E-state index is 11.5. The highest BCUT2D eigenvalue weighted by molar-refractivity contribution is 9.15. The van der Waals surface area contributed by atoms with Gasteiger partial charge in [0, 0.05) is 16.8 Å². The van der Waals surface area contributed by atoms with Gasteiger partial charge in [0.25, 0.3) is 0 Å². The molecule has 128 valence electrons. The predicted octanol–water partition coefficient (Wildman–Crippen LogP) is 4.98. The van der Waals surface area contributed by atoms with Crippen molar-refractivity contribution < 1.29 is 14.6 Å². The van der Waals surface area contributed by atoms with Crippen molar-refractivity contribution in [1.82, 2.24) is 0 Å². The summed E-state index contributed by atoms with van der Waals surface area (Å²) in [5.41, 5.74) is 2.53. The molecule has 4 heteroatoms. The number of phenolic OH excluding ortho intramolecular Hbond substituents is 1. The van der Waals surface area contributed by atoms with Gasteiger partial charge in [-0.1, -0.05) is 35.0 Å². The van der Waals surface area contributed by atoms with Crippen LogP contribution in [-0.2, 0) is 9.53 Å². The van der Waals surface area contributed by atoms with E-state index in [1.54, 1.807) is 6.07 Å². The first-order valence-electron chi connectivity index (χ1n) is 8.78. The second-order valence-corrected chi connectivity index (χ2v) is 8.65. The second kappa shape index (κ2) is 5.62. The summed E-state index contributed by atoms with van der Waals surface area (Å²) < 4.78 is 6.75. The van der Waals surface area contributed by atoms with Crippen LogP contribution in [0, 0.1) is 17.3 Å². The molecule has 5 atom stereocenters. The number of ether oxygens (including phenoxy) is 1. The van der Waals surface area contributed by atoms with Gasteiger partial charge in [-0.2, -0.15) is 0 Å². The number of fused-ring (bicyclic) bond motifs is 5. The summed E-state index contributed by atoms with van der Waals surface area (Å²) in [6.07, 6.45) is 6.66. The first-order chi connectivity index (χ1) is 11.4. The van der Waals surface area contributed by atoms with Crippen molar-refractivity contribution in [3.63, 3.8) is 0 Å². The van der Waals surface area contributed by atoms with Crippen LogP contribution in [0.2, 0.25) is 0 Å². The number of carbonyl (C=O) groups excluding carboxylic acids is 1. The van der Waals surface area contributed by atoms with Gasteiger partial charge in [0.15, 0.2) is 0 Å². The molecule has 4 rings (SSSR count). The van der Waals surface area contributed by atoms with E-state index >= 15 is 0 Å². The Morgan fingerprint density at radius 2 is 2.12 bits per heavy atom. The van der Waals surface area contributed by atoms with Gasteiger partial charge < -0.3 is 9.84 Å². The van der Waals surface area contributed by atoms with E-state index in [1.807, 2.05) is 6.07 Å². The lowest BCUT2D eigenvalue weighted by molar-refractivity contribution is -0.154. The highest BCUT2D eigenvalue weighted by Crippen LogP contribution is 2.61. The first-order valence-corrected chi connectivity index (χ1v) is 9.57. The first kappa shape index (κ1) is 16.2. The zero-order chi connectivity index (χ0) is 17.1. The molecule has 0 heterocycles. The Morgan fingerprint density at radius 1 is 1.33 bits per heavy atom. The normalized spacial score (nSPS) is 37.0. The Morgan fingerprint density at radius 3 is 2.88 bits per heavy atom. The number of rotatable bonds is 1. The van der Waals surface area contributed by atoms with Gasteiger partial charge in [-0.15, -0.1) is 0 Å². The van der Waals surface area contributed by atoms with E-state index in [0.29, 0.717) is 23.5 Å². The second-order valence-electron chi connectivity index (χ2n) is 7.80. The van der Waals surface area contributed by atoms with Crippen molar-refractivity contribution in [2.75, 3.05) is 0 Å². The molecule has 24 heavy (non-hydrogen) atoms. The minimum atomic E-state index is -0.162. The van der Waals surface area contributed by atoms with Crippen LogP contribution in [0.5, 0.6) is 5.75 Å². The molecule has 3 nitrogen and oxygen atoms in total. The molecule has 0 saturated heterocycles. The summed E-state index contributed by atoms with van der Waals surface area (Å²) in [4.78, 5) is 11.5. The van der Waals surface area contributed by atoms with E-state index in [1.165, 1.54) is 12.5 Å². The third kappa shape index (κ3) is 2.33. The number of hydrogen-bond donors (Lipinski definition) is 1. The van der Waals surface area contributed by atoms with Crippen molar-refractivity contribution in [3.05, 3.63) is 35.4 Å². The number of halogens is 1. The van der Waals surface area contributed by atoms with Gasteiger partial charge in [0.2, 0.25) is 0 Å². The molecular formula is C20H23BrO3. The van der Waals surface area contributed by atoms with Gasteiger partial charge in [-0.25, -0.2) is 0 Å². The molecular weight excluding hydrogens is 368 g/mol. The Kier molecular flexibility index (Phi) is 3.79. The molecule has 0 amide bonds. The lowest BCUT2D eigenvalue weighted by atomic mass is 9.57. The molecule has 1 aromatic carbocycles. The van der Waals surface area contributed by atoms with Crippen molar-refractivity contribution in [2.45, 2.75) is 51.6 Å². The monoisotopic (exact) mass is 390 g/mol. The summed E-state index contributed by atoms with van der Waals surface area (Å²) in [5, 5.41) is 9.82. The summed E-state index contributed by atoms with van der Waals surface area (Å²) in [6.45, 7) is 3.82. The van der Waals surface area contributed by atoms with E-state index in [2.05, 4.69) is 35.0 Å². The molecule has 0 aliphatic heterocycles. The summed E-state index contributed by atoms with van der Waals surface area (Å²) >= 11 is 3.72. The Balaban J connectivity index is 1.71. The average molecular weight is 391 g/mol. The minimum Gasteiger partial charge on any atom is -0.508 e. The summed E-state index contributed by atoms with van der Waals surface area (Å²) in [5.74, 6) is 1.65. The topological polar surface area (TPSA) is 46.5 Å². The van der Waals surface area contributed by atoms with Crippen LogP contribution in [0.3, 0.4) is 0 Å². The number of esters is 1. The average Bonchev–Trinajstić information content (AvgIpc) is 2.84. The zero-order valence-corrected chi connectivity index (χ0v) is 15.7. The molecule has 0 spiro atoms. The maximum Gasteiger partial charge on any atom is 0.302 e. The highest BCUT2D eigenvalue weighted by Gasteiger charge is 2.55. The van der Waals surface area contributed by atoms with E-state index in [-0.39, 0.29) is 17.5 Å². The fraction of sp³-hybridized carbons (Fsp3) is 0.550. The number of phenols is 1. The quantitative estimate of drug-likeness (QED) is 0.687. The molecule has 1 aromatic rings. The molecule has 2 fully saturated rings. The van der Waals surface area contributed by atoms with Crippen LogP contribution < -0.4 is 0 Å². The van der Waals surface area contributed by atoms with E-state index < -0.39 is 0 Å². The van der Waals surface area contributed by atoms with Crippen LogP contribution >= 0.6 is 15.9 Å². The van der Waals surface area contributed by atoms with Crippen LogP contribution in [-0.4, -0.2) is 17.2 Å². The van der Waals surface area contributed by atoms with E-state index in [0.717, 1.165) is 35.7 Å². The SMILES string of the molecule is CC(=O)O[C@H]1CC[C@H]2[C@@H]3C=C(Br)c4cc(O)ccc4[C@H]3CC[C@]12C. The van der Waals surface area contributed by atoms with Crippen LogP contribution in [0.1, 0.15) is 56.6 Å². The zero-order valence-electron chi connectivity index (χ0n) is 14.1. The predicted molar refractivity (Wildman–Crippen MR) is 96.9 cm³/mol. The van der Waals surface area contributed by atoms with Crippen LogP contribution in [0.15, 0.2) is 24.3 Å². The Bertz CT molecular complexity index is 726. The van der Waals surface area contributed by atoms with E-state index in [9.17, 15) is 9.90 Å². The van der Waals surface area contributed by atoms with E-state index in [4.69, 9.17) is 4.74 Å². The standard InChI is InChI=1S/C20H23BrO3/c1-11(22)24-19-6-5-17-15-10-18(21)16-9-12(23)3-4-13(16)14(15)7-8-20(17,19)2/h3-4,9-10,14-15,17,19,23H,5-8H2,1-2H3/t14-,15-,17+,19+,20+/m1/s1. The van der Waals surface area contributed by atoms with Gasteiger partial charge in [0.05, 0.1) is 0 Å². The summed E-state index contributed by atoms with van der Waals surface area (Å²) in [6, 6.07) is 5.74. The van der Waals surface area contributed by atoms with Gasteiger partial charge in [-0.3, -0.25) is 4.79 Å². The van der Waals surface area contributed by atoms with Crippen molar-refractivity contribution in [3.8, 4) is 5.75 Å². The molecule has 1 N–H and O–H groups in total. The number of carbonyl (C=O) groups is 1. The molecule has 2 saturated carbocycles. The number of aromatic hydroxyl groups is 1. The van der Waals surface area contributed by atoms with Crippen molar-refractivity contribution in [1.29, 1.82) is 0 Å². The van der Waals surface area contributed by atoms with Gasteiger partial charge in [-0.05, 0) is 66.7 Å². The number of benzene rings is 1. The maximum absolute atomic E-state index is 11.5. The molecule has 0 radical (unpaired) electrons. The van der Waals surface area contributed by atoms with Gasteiger partial charge >= 0.3 is 5.97 Å². The molecule has 0 unspecified atom stereocenters. The Hall–Kier alpha value is -1.29. The minimum absolute atomic E-state index is 0.0503. The number of hydrogen-bond acceptors (Lipinski definition) is 3. The Labute approximate surface area is 151 Å². The van der Waals surface area contributed by atoms with Crippen molar-refractivity contribution in [2.24, 2.45) is 17.3 Å². The van der Waals surface area contributed by atoms with Crippen molar-refractivity contribution >= 4 is 26.4 Å². The fourth-order valence-corrected chi connectivity index (χ4v) is 6.12. The molecule has 0 bridgehead atoms. The number of allylic oxidation sites excluding steroid dienone is 1. The highest BCUT2D eigenvalue weighted by atomic mass is 79.9.